The van der Waals surface area contributed by atoms with Gasteiger partial charge in [-0.2, -0.15) is 0 Å². The number of benzene rings is 1. The number of aliphatic hydroxyl groups is 1. The van der Waals surface area contributed by atoms with E-state index in [0.717, 1.165) is 10.0 Å². The van der Waals surface area contributed by atoms with Crippen LogP contribution in [0.5, 0.6) is 0 Å². The Balaban J connectivity index is 2.55. The van der Waals surface area contributed by atoms with E-state index in [9.17, 15) is 9.59 Å². The number of carbonyl (C=O) groups is 2. The fraction of sp³-hybridized carbons (Fsp3) is 0.273. The molecule has 0 radical (unpaired) electrons. The van der Waals surface area contributed by atoms with Crippen LogP contribution >= 0.6 is 15.9 Å². The number of carbonyl (C=O) groups excluding carboxylic acids is 1. The monoisotopic (exact) mass is 316 g/mol. The zero-order valence-corrected chi connectivity index (χ0v) is 11.2. The predicted molar refractivity (Wildman–Crippen MR) is 69.5 cm³/mol. The molecule has 0 spiro atoms. The Bertz CT molecular complexity index is 464. The van der Waals surface area contributed by atoms with Crippen molar-refractivity contribution in [1.29, 1.82) is 0 Å². The average molecular weight is 317 g/mol. The number of amides is 2. The molecule has 1 atom stereocenters. The van der Waals surface area contributed by atoms with Gasteiger partial charge in [-0.3, -0.25) is 0 Å². The molecular formula is C11H13BrN2O4. The summed E-state index contributed by atoms with van der Waals surface area (Å²) in [7, 11) is 0. The number of carboxylic acid groups (broad SMARTS) is 1. The van der Waals surface area contributed by atoms with Gasteiger partial charge in [0.25, 0.3) is 0 Å². The lowest BCUT2D eigenvalue weighted by molar-refractivity contribution is -0.146. The van der Waals surface area contributed by atoms with Crippen molar-refractivity contribution in [2.24, 2.45) is 0 Å². The minimum Gasteiger partial charge on any atom is -0.479 e. The van der Waals surface area contributed by atoms with E-state index in [2.05, 4.69) is 26.6 Å². The molecule has 1 unspecified atom stereocenters. The van der Waals surface area contributed by atoms with Gasteiger partial charge in [0.15, 0.2) is 6.10 Å². The number of halogens is 1. The molecule has 1 rings (SSSR count). The number of hydrogen-bond donors (Lipinski definition) is 4. The summed E-state index contributed by atoms with van der Waals surface area (Å²) in [6.45, 7) is 1.52. The standard InChI is InChI=1S/C11H13BrN2O4/c1-6-3-2-4-7(9(6)12)14-11(18)13-5-8(15)10(16)17/h2-4,8,15H,5H2,1H3,(H,16,17)(H2,13,14,18). The highest BCUT2D eigenvalue weighted by molar-refractivity contribution is 9.10. The third-order valence-corrected chi connectivity index (χ3v) is 3.23. The first kappa shape index (κ1) is 14.5. The zero-order valence-electron chi connectivity index (χ0n) is 9.61. The van der Waals surface area contributed by atoms with Crippen LogP contribution in [0, 0.1) is 6.92 Å². The maximum absolute atomic E-state index is 11.5. The molecule has 0 aliphatic heterocycles. The third-order valence-electron chi connectivity index (χ3n) is 2.18. The molecule has 98 valence electrons. The Kier molecular flexibility index (Phi) is 5.11. The van der Waals surface area contributed by atoms with Crippen molar-refractivity contribution >= 4 is 33.6 Å². The van der Waals surface area contributed by atoms with Gasteiger partial charge in [0.05, 0.1) is 12.2 Å². The first-order valence-electron chi connectivity index (χ1n) is 5.12. The van der Waals surface area contributed by atoms with E-state index in [1.54, 1.807) is 12.1 Å². The molecule has 18 heavy (non-hydrogen) atoms. The van der Waals surface area contributed by atoms with Gasteiger partial charge in [-0.15, -0.1) is 0 Å². The minimum atomic E-state index is -1.61. The molecule has 0 fully saturated rings. The molecular weight excluding hydrogens is 304 g/mol. The van der Waals surface area contributed by atoms with Crippen molar-refractivity contribution in [3.63, 3.8) is 0 Å². The Morgan fingerprint density at radius 3 is 2.72 bits per heavy atom. The highest BCUT2D eigenvalue weighted by atomic mass is 79.9. The zero-order chi connectivity index (χ0) is 13.7. The Morgan fingerprint density at radius 2 is 2.11 bits per heavy atom. The van der Waals surface area contributed by atoms with Gasteiger partial charge in [-0.1, -0.05) is 12.1 Å². The van der Waals surface area contributed by atoms with E-state index in [1.807, 2.05) is 13.0 Å². The fourth-order valence-corrected chi connectivity index (χ4v) is 1.55. The largest absolute Gasteiger partial charge is 0.479 e. The fourth-order valence-electron chi connectivity index (χ4n) is 1.19. The van der Waals surface area contributed by atoms with Crippen molar-refractivity contribution in [1.82, 2.24) is 5.32 Å². The van der Waals surface area contributed by atoms with Crippen LogP contribution in [0.1, 0.15) is 5.56 Å². The van der Waals surface area contributed by atoms with Crippen LogP contribution in [-0.2, 0) is 4.79 Å². The molecule has 0 aliphatic carbocycles. The highest BCUT2D eigenvalue weighted by Gasteiger charge is 2.14. The second-order valence-electron chi connectivity index (χ2n) is 3.63. The van der Waals surface area contributed by atoms with E-state index in [0.29, 0.717) is 5.69 Å². The second-order valence-corrected chi connectivity index (χ2v) is 4.42. The van der Waals surface area contributed by atoms with Crippen LogP contribution in [0.3, 0.4) is 0 Å². The molecule has 1 aromatic carbocycles. The summed E-state index contributed by atoms with van der Waals surface area (Å²) in [5, 5.41) is 22.2. The lowest BCUT2D eigenvalue weighted by Gasteiger charge is -2.11. The average Bonchev–Trinajstić information content (AvgIpc) is 2.32. The summed E-state index contributed by atoms with van der Waals surface area (Å²) in [6.07, 6.45) is -1.61. The van der Waals surface area contributed by atoms with E-state index >= 15 is 0 Å². The number of rotatable bonds is 4. The van der Waals surface area contributed by atoms with Gasteiger partial charge in [-0.05, 0) is 34.5 Å². The summed E-state index contributed by atoms with van der Waals surface area (Å²) in [5.74, 6) is -1.38. The SMILES string of the molecule is Cc1cccc(NC(=O)NCC(O)C(=O)O)c1Br. The van der Waals surface area contributed by atoms with Gasteiger partial charge < -0.3 is 20.8 Å². The third kappa shape index (κ3) is 4.01. The number of carboxylic acids is 1. The normalized spacial score (nSPS) is 11.7. The molecule has 0 bridgehead atoms. The van der Waals surface area contributed by atoms with Crippen molar-refractivity contribution in [3.05, 3.63) is 28.2 Å². The minimum absolute atomic E-state index is 0.357. The van der Waals surface area contributed by atoms with Gasteiger partial charge >= 0.3 is 12.0 Å². The van der Waals surface area contributed by atoms with Crippen LogP contribution in [-0.4, -0.2) is 34.9 Å². The number of aliphatic carboxylic acids is 1. The van der Waals surface area contributed by atoms with Crippen molar-refractivity contribution < 1.29 is 19.8 Å². The first-order chi connectivity index (χ1) is 8.41. The predicted octanol–water partition coefficient (Wildman–Crippen LogP) is 1.32. The molecule has 0 saturated carbocycles. The van der Waals surface area contributed by atoms with Gasteiger partial charge in [0, 0.05) is 4.47 Å². The second kappa shape index (κ2) is 6.36. The number of anilines is 1. The molecule has 0 aromatic heterocycles. The van der Waals surface area contributed by atoms with Crippen LogP contribution in [0.4, 0.5) is 10.5 Å². The summed E-state index contributed by atoms with van der Waals surface area (Å²) in [4.78, 5) is 21.8. The Labute approximate surface area is 112 Å². The van der Waals surface area contributed by atoms with Crippen molar-refractivity contribution in [2.75, 3.05) is 11.9 Å². The maximum Gasteiger partial charge on any atom is 0.334 e. The topological polar surface area (TPSA) is 98.7 Å². The number of hydrogen-bond acceptors (Lipinski definition) is 3. The quantitative estimate of drug-likeness (QED) is 0.673. The van der Waals surface area contributed by atoms with Crippen molar-refractivity contribution in [3.8, 4) is 0 Å². The first-order valence-corrected chi connectivity index (χ1v) is 5.92. The van der Waals surface area contributed by atoms with Gasteiger partial charge in [-0.25, -0.2) is 9.59 Å². The molecule has 6 nitrogen and oxygen atoms in total. The maximum atomic E-state index is 11.5. The summed E-state index contributed by atoms with van der Waals surface area (Å²) in [5.41, 5.74) is 1.52. The smallest absolute Gasteiger partial charge is 0.334 e. The van der Waals surface area contributed by atoms with E-state index in [4.69, 9.17) is 10.2 Å². The summed E-state index contributed by atoms with van der Waals surface area (Å²) >= 11 is 3.33. The molecule has 0 saturated heterocycles. The van der Waals surface area contributed by atoms with Crippen LogP contribution in [0.2, 0.25) is 0 Å². The summed E-state index contributed by atoms with van der Waals surface area (Å²) < 4.78 is 0.749. The van der Waals surface area contributed by atoms with Crippen LogP contribution in [0.25, 0.3) is 0 Å². The van der Waals surface area contributed by atoms with Crippen LogP contribution < -0.4 is 10.6 Å². The highest BCUT2D eigenvalue weighted by Crippen LogP contribution is 2.25. The number of aliphatic hydroxyl groups excluding tert-OH is 1. The lowest BCUT2D eigenvalue weighted by atomic mass is 10.2. The molecule has 4 N–H and O–H groups in total. The molecule has 7 heteroatoms. The van der Waals surface area contributed by atoms with Crippen LogP contribution in [0.15, 0.2) is 22.7 Å². The molecule has 0 heterocycles. The molecule has 1 aromatic rings. The van der Waals surface area contributed by atoms with E-state index in [1.165, 1.54) is 0 Å². The number of urea groups is 1. The lowest BCUT2D eigenvalue weighted by Crippen LogP contribution is -2.38. The van der Waals surface area contributed by atoms with E-state index < -0.39 is 18.1 Å². The Morgan fingerprint density at radius 1 is 1.44 bits per heavy atom. The molecule has 2 amide bonds. The number of aryl methyl sites for hydroxylation is 1. The number of nitrogens with one attached hydrogen (secondary N) is 2. The summed E-state index contributed by atoms with van der Waals surface area (Å²) in [6, 6.07) is 4.77. The van der Waals surface area contributed by atoms with Crippen molar-refractivity contribution in [2.45, 2.75) is 13.0 Å². The van der Waals surface area contributed by atoms with Gasteiger partial charge in [0.1, 0.15) is 0 Å². The van der Waals surface area contributed by atoms with Gasteiger partial charge in [0.2, 0.25) is 0 Å². The molecule has 0 aliphatic rings. The Hall–Kier alpha value is -1.60. The van der Waals surface area contributed by atoms with E-state index in [-0.39, 0.29) is 6.54 Å².